The summed E-state index contributed by atoms with van der Waals surface area (Å²) < 4.78 is 5.83. The first kappa shape index (κ1) is 13.6. The van der Waals surface area contributed by atoms with E-state index in [1.165, 1.54) is 12.8 Å². The molecule has 2 fully saturated rings. The largest absolute Gasteiger partial charge is 0.462 e. The Hall–Kier alpha value is -1.38. The summed E-state index contributed by atoms with van der Waals surface area (Å²) >= 11 is 0. The lowest BCUT2D eigenvalue weighted by Gasteiger charge is -2.38. The third-order valence-corrected chi connectivity index (χ3v) is 6.09. The van der Waals surface area contributed by atoms with Gasteiger partial charge in [-0.25, -0.2) is 0 Å². The SMILES string of the molecule is CC1(C)[C@H]2CC[C@]1(C)[C@H](OC(=O)Cc1ccncc1)C2. The standard InChI is InChI=1S/C17H23NO2/c1-16(2)13-4-7-17(16,3)14(11-13)20-15(19)10-12-5-8-18-9-6-12/h5-6,8-9,13-14H,4,7,10-11H2,1-3H3/t13-,14+,17+/m0/s1. The van der Waals surface area contributed by atoms with E-state index in [-0.39, 0.29) is 22.9 Å². The van der Waals surface area contributed by atoms with Crippen LogP contribution in [0.2, 0.25) is 0 Å². The van der Waals surface area contributed by atoms with Crippen molar-refractivity contribution in [1.29, 1.82) is 0 Å². The van der Waals surface area contributed by atoms with Crippen molar-refractivity contribution in [2.45, 2.75) is 52.6 Å². The fourth-order valence-corrected chi connectivity index (χ4v) is 4.18. The van der Waals surface area contributed by atoms with Crippen molar-refractivity contribution in [1.82, 2.24) is 4.98 Å². The molecule has 0 aliphatic heterocycles. The van der Waals surface area contributed by atoms with Crippen LogP contribution in [0.1, 0.15) is 45.6 Å². The molecule has 108 valence electrons. The molecule has 3 rings (SSSR count). The molecule has 3 atom stereocenters. The summed E-state index contributed by atoms with van der Waals surface area (Å²) in [6.07, 6.45) is 7.35. The molecule has 3 nitrogen and oxygen atoms in total. The van der Waals surface area contributed by atoms with E-state index in [2.05, 4.69) is 25.8 Å². The van der Waals surface area contributed by atoms with Gasteiger partial charge >= 0.3 is 5.97 Å². The molecule has 1 aromatic rings. The van der Waals surface area contributed by atoms with Gasteiger partial charge in [-0.05, 0) is 48.3 Å². The lowest BCUT2D eigenvalue weighted by atomic mass is 9.70. The van der Waals surface area contributed by atoms with Gasteiger partial charge in [0.2, 0.25) is 0 Å². The van der Waals surface area contributed by atoms with Gasteiger partial charge in [0.1, 0.15) is 6.10 Å². The summed E-state index contributed by atoms with van der Waals surface area (Å²) in [5, 5.41) is 0. The summed E-state index contributed by atoms with van der Waals surface area (Å²) in [7, 11) is 0. The minimum atomic E-state index is -0.106. The van der Waals surface area contributed by atoms with Crippen LogP contribution in [-0.2, 0) is 16.0 Å². The number of pyridine rings is 1. The van der Waals surface area contributed by atoms with Gasteiger partial charge in [-0.1, -0.05) is 20.8 Å². The molecule has 0 aromatic carbocycles. The van der Waals surface area contributed by atoms with Crippen molar-refractivity contribution in [3.8, 4) is 0 Å². The molecule has 3 heteroatoms. The molecule has 0 radical (unpaired) electrons. The van der Waals surface area contributed by atoms with E-state index in [1.54, 1.807) is 12.4 Å². The van der Waals surface area contributed by atoms with E-state index in [0.29, 0.717) is 12.3 Å². The highest BCUT2D eigenvalue weighted by molar-refractivity contribution is 5.72. The first-order valence-electron chi connectivity index (χ1n) is 7.52. The van der Waals surface area contributed by atoms with Gasteiger partial charge in [0.15, 0.2) is 0 Å². The topological polar surface area (TPSA) is 39.2 Å². The fraction of sp³-hybridized carbons (Fsp3) is 0.647. The Kier molecular flexibility index (Phi) is 3.11. The molecule has 20 heavy (non-hydrogen) atoms. The smallest absolute Gasteiger partial charge is 0.310 e. The summed E-state index contributed by atoms with van der Waals surface area (Å²) in [5.74, 6) is 0.594. The number of carbonyl (C=O) groups is 1. The molecule has 1 aromatic heterocycles. The van der Waals surface area contributed by atoms with Gasteiger partial charge in [0, 0.05) is 17.8 Å². The highest BCUT2D eigenvalue weighted by atomic mass is 16.5. The molecule has 0 saturated heterocycles. The van der Waals surface area contributed by atoms with E-state index < -0.39 is 0 Å². The van der Waals surface area contributed by atoms with E-state index in [9.17, 15) is 4.79 Å². The van der Waals surface area contributed by atoms with Crippen LogP contribution in [0.4, 0.5) is 0 Å². The normalized spacial score (nSPS) is 34.1. The number of nitrogens with zero attached hydrogens (tertiary/aromatic N) is 1. The number of aromatic nitrogens is 1. The van der Waals surface area contributed by atoms with Gasteiger partial charge in [0.25, 0.3) is 0 Å². The Bertz CT molecular complexity index is 511. The molecular weight excluding hydrogens is 250 g/mol. The molecule has 2 saturated carbocycles. The average molecular weight is 273 g/mol. The van der Waals surface area contributed by atoms with Crippen molar-refractivity contribution >= 4 is 5.97 Å². The van der Waals surface area contributed by atoms with E-state index in [1.807, 2.05) is 12.1 Å². The maximum atomic E-state index is 12.2. The maximum Gasteiger partial charge on any atom is 0.310 e. The Balaban J connectivity index is 1.66. The average Bonchev–Trinajstić information content (AvgIpc) is 2.73. The number of fused-ring (bicyclic) bond motifs is 2. The molecule has 0 N–H and O–H groups in total. The Morgan fingerprint density at radius 2 is 2.05 bits per heavy atom. The highest BCUT2D eigenvalue weighted by Crippen LogP contribution is 2.66. The first-order valence-corrected chi connectivity index (χ1v) is 7.52. The number of hydrogen-bond donors (Lipinski definition) is 0. The van der Waals surface area contributed by atoms with E-state index >= 15 is 0 Å². The second kappa shape index (κ2) is 4.57. The van der Waals surface area contributed by atoms with Crippen molar-refractivity contribution in [3.05, 3.63) is 30.1 Å². The Morgan fingerprint density at radius 3 is 2.60 bits per heavy atom. The zero-order chi connectivity index (χ0) is 14.4. The molecule has 2 aliphatic rings. The molecule has 0 unspecified atom stereocenters. The van der Waals surface area contributed by atoms with Crippen LogP contribution in [0.15, 0.2) is 24.5 Å². The second-order valence-electron chi connectivity index (χ2n) is 7.12. The molecule has 1 heterocycles. The monoisotopic (exact) mass is 273 g/mol. The minimum Gasteiger partial charge on any atom is -0.462 e. The second-order valence-corrected chi connectivity index (χ2v) is 7.12. The maximum absolute atomic E-state index is 12.2. The fourth-order valence-electron chi connectivity index (χ4n) is 4.18. The molecule has 2 bridgehead atoms. The lowest BCUT2D eigenvalue weighted by molar-refractivity contribution is -0.156. The summed E-state index contributed by atoms with van der Waals surface area (Å²) in [5.41, 5.74) is 1.40. The predicted molar refractivity (Wildman–Crippen MR) is 77.1 cm³/mol. The number of rotatable bonds is 3. The number of ether oxygens (including phenoxy) is 1. The van der Waals surface area contributed by atoms with E-state index in [0.717, 1.165) is 12.0 Å². The van der Waals surface area contributed by atoms with Gasteiger partial charge in [-0.2, -0.15) is 0 Å². The third kappa shape index (κ3) is 1.95. The van der Waals surface area contributed by atoms with Crippen LogP contribution in [0.25, 0.3) is 0 Å². The highest BCUT2D eigenvalue weighted by Gasteiger charge is 2.62. The molecule has 2 aliphatic carbocycles. The van der Waals surface area contributed by atoms with Crippen molar-refractivity contribution in [2.24, 2.45) is 16.7 Å². The Morgan fingerprint density at radius 1 is 1.35 bits per heavy atom. The van der Waals surface area contributed by atoms with E-state index in [4.69, 9.17) is 4.74 Å². The van der Waals surface area contributed by atoms with Gasteiger partial charge in [-0.3, -0.25) is 9.78 Å². The predicted octanol–water partition coefficient (Wildman–Crippen LogP) is 3.38. The van der Waals surface area contributed by atoms with Crippen LogP contribution in [0.3, 0.4) is 0 Å². The van der Waals surface area contributed by atoms with Crippen LogP contribution in [0, 0.1) is 16.7 Å². The Labute approximate surface area is 120 Å². The van der Waals surface area contributed by atoms with Crippen LogP contribution >= 0.6 is 0 Å². The zero-order valence-electron chi connectivity index (χ0n) is 12.6. The van der Waals surface area contributed by atoms with Crippen molar-refractivity contribution < 1.29 is 9.53 Å². The summed E-state index contributed by atoms with van der Waals surface area (Å²) in [6.45, 7) is 6.97. The third-order valence-electron chi connectivity index (χ3n) is 6.09. The van der Waals surface area contributed by atoms with Crippen molar-refractivity contribution in [2.75, 3.05) is 0 Å². The molecule has 0 amide bonds. The van der Waals surface area contributed by atoms with Gasteiger partial charge in [0.05, 0.1) is 6.42 Å². The van der Waals surface area contributed by atoms with Gasteiger partial charge in [-0.15, -0.1) is 0 Å². The number of esters is 1. The summed E-state index contributed by atoms with van der Waals surface area (Å²) in [4.78, 5) is 16.1. The van der Waals surface area contributed by atoms with Crippen LogP contribution in [-0.4, -0.2) is 17.1 Å². The van der Waals surface area contributed by atoms with Crippen LogP contribution in [0.5, 0.6) is 0 Å². The summed E-state index contributed by atoms with van der Waals surface area (Å²) in [6, 6.07) is 3.74. The number of hydrogen-bond acceptors (Lipinski definition) is 3. The quantitative estimate of drug-likeness (QED) is 0.792. The zero-order valence-corrected chi connectivity index (χ0v) is 12.6. The first-order chi connectivity index (χ1) is 9.43. The molecular formula is C17H23NO2. The van der Waals surface area contributed by atoms with Gasteiger partial charge < -0.3 is 4.74 Å². The van der Waals surface area contributed by atoms with Crippen molar-refractivity contribution in [3.63, 3.8) is 0 Å². The minimum absolute atomic E-state index is 0.0885. The number of carbonyl (C=O) groups excluding carboxylic acids is 1. The van der Waals surface area contributed by atoms with Crippen LogP contribution < -0.4 is 0 Å². The molecule has 0 spiro atoms. The lowest BCUT2D eigenvalue weighted by Crippen LogP contribution is -2.38.